The van der Waals surface area contributed by atoms with Gasteiger partial charge in [-0.25, -0.2) is 0 Å². The molecule has 1 nitrogen and oxygen atoms in total. The van der Waals surface area contributed by atoms with E-state index >= 15 is 0 Å². The van der Waals surface area contributed by atoms with E-state index in [0.29, 0.717) is 6.42 Å². The molecule has 1 N–H and O–H groups in total. The second-order valence-corrected chi connectivity index (χ2v) is 3.64. The third-order valence-corrected chi connectivity index (χ3v) is 2.19. The summed E-state index contributed by atoms with van der Waals surface area (Å²) in [4.78, 5) is 0. The molecule has 0 fully saturated rings. The molecule has 0 saturated carbocycles. The van der Waals surface area contributed by atoms with E-state index in [1.807, 2.05) is 43.3 Å². The SMILES string of the molecule is CCC(C)(O)C#C/C=C/c1ccccc1. The molecular weight excluding hydrogens is 184 g/mol. The molecule has 1 unspecified atom stereocenters. The van der Waals surface area contributed by atoms with Gasteiger partial charge in [-0.1, -0.05) is 49.1 Å². The highest BCUT2D eigenvalue weighted by molar-refractivity contribution is 5.52. The van der Waals surface area contributed by atoms with E-state index in [9.17, 15) is 5.11 Å². The molecule has 15 heavy (non-hydrogen) atoms. The Morgan fingerprint density at radius 1 is 1.33 bits per heavy atom. The van der Waals surface area contributed by atoms with Crippen LogP contribution in [0.25, 0.3) is 6.08 Å². The Morgan fingerprint density at radius 2 is 2.00 bits per heavy atom. The topological polar surface area (TPSA) is 20.2 Å². The Hall–Kier alpha value is -1.52. The van der Waals surface area contributed by atoms with Crippen molar-refractivity contribution in [1.82, 2.24) is 0 Å². The average Bonchev–Trinajstić information content (AvgIpc) is 2.26. The molecule has 1 aromatic rings. The normalized spacial score (nSPS) is 14.3. The average molecular weight is 200 g/mol. The highest BCUT2D eigenvalue weighted by Gasteiger charge is 2.11. The molecule has 1 aromatic carbocycles. The largest absolute Gasteiger partial charge is 0.378 e. The van der Waals surface area contributed by atoms with Gasteiger partial charge in [0.2, 0.25) is 0 Å². The van der Waals surface area contributed by atoms with Gasteiger partial charge in [-0.3, -0.25) is 0 Å². The van der Waals surface area contributed by atoms with Crippen molar-refractivity contribution in [2.24, 2.45) is 0 Å². The summed E-state index contributed by atoms with van der Waals surface area (Å²) in [5.74, 6) is 5.64. The Kier molecular flexibility index (Phi) is 4.15. The number of allylic oxidation sites excluding steroid dienone is 1. The zero-order valence-electron chi connectivity index (χ0n) is 9.20. The molecule has 1 atom stereocenters. The summed E-state index contributed by atoms with van der Waals surface area (Å²) in [6.45, 7) is 3.63. The molecule has 0 aliphatic heterocycles. The maximum Gasteiger partial charge on any atom is 0.122 e. The summed E-state index contributed by atoms with van der Waals surface area (Å²) >= 11 is 0. The Morgan fingerprint density at radius 3 is 2.60 bits per heavy atom. The van der Waals surface area contributed by atoms with Crippen molar-refractivity contribution in [3.05, 3.63) is 42.0 Å². The lowest BCUT2D eigenvalue weighted by Crippen LogP contribution is -2.19. The number of hydrogen-bond acceptors (Lipinski definition) is 1. The maximum atomic E-state index is 9.61. The number of hydrogen-bond donors (Lipinski definition) is 1. The molecule has 1 rings (SSSR count). The number of aliphatic hydroxyl groups is 1. The lowest BCUT2D eigenvalue weighted by Gasteiger charge is -2.11. The van der Waals surface area contributed by atoms with E-state index in [0.717, 1.165) is 5.56 Å². The lowest BCUT2D eigenvalue weighted by atomic mass is 10.1. The van der Waals surface area contributed by atoms with Crippen LogP contribution in [-0.2, 0) is 0 Å². The van der Waals surface area contributed by atoms with Crippen molar-refractivity contribution < 1.29 is 5.11 Å². The fourth-order valence-corrected chi connectivity index (χ4v) is 0.988. The van der Waals surface area contributed by atoms with E-state index in [1.165, 1.54) is 0 Å². The van der Waals surface area contributed by atoms with Gasteiger partial charge in [0.25, 0.3) is 0 Å². The fourth-order valence-electron chi connectivity index (χ4n) is 0.988. The maximum absolute atomic E-state index is 9.61. The molecule has 0 spiro atoms. The van der Waals surface area contributed by atoms with Gasteiger partial charge in [-0.05, 0) is 31.1 Å². The van der Waals surface area contributed by atoms with Crippen LogP contribution in [-0.4, -0.2) is 10.7 Å². The predicted octanol–water partition coefficient (Wildman–Crippen LogP) is 2.86. The summed E-state index contributed by atoms with van der Waals surface area (Å²) in [7, 11) is 0. The quantitative estimate of drug-likeness (QED) is 0.728. The van der Waals surface area contributed by atoms with Crippen molar-refractivity contribution in [3.8, 4) is 11.8 Å². The molecule has 1 heteroatoms. The van der Waals surface area contributed by atoms with Gasteiger partial charge in [-0.2, -0.15) is 0 Å². The van der Waals surface area contributed by atoms with Gasteiger partial charge < -0.3 is 5.11 Å². The van der Waals surface area contributed by atoms with Crippen LogP contribution in [0.3, 0.4) is 0 Å². The van der Waals surface area contributed by atoms with E-state index in [1.54, 1.807) is 13.0 Å². The van der Waals surface area contributed by atoms with Crippen LogP contribution in [0.2, 0.25) is 0 Å². The van der Waals surface area contributed by atoms with E-state index in [4.69, 9.17) is 0 Å². The molecule has 0 radical (unpaired) electrons. The minimum absolute atomic E-state index is 0.638. The van der Waals surface area contributed by atoms with Crippen molar-refractivity contribution in [1.29, 1.82) is 0 Å². The number of benzene rings is 1. The van der Waals surface area contributed by atoms with Crippen molar-refractivity contribution in [2.75, 3.05) is 0 Å². The summed E-state index contributed by atoms with van der Waals surface area (Å²) in [6, 6.07) is 9.96. The molecule has 0 bridgehead atoms. The monoisotopic (exact) mass is 200 g/mol. The summed E-state index contributed by atoms with van der Waals surface area (Å²) in [5.41, 5.74) is 0.240. The van der Waals surface area contributed by atoms with E-state index in [2.05, 4.69) is 11.8 Å². The van der Waals surface area contributed by atoms with Gasteiger partial charge in [0.05, 0.1) is 0 Å². The minimum Gasteiger partial charge on any atom is -0.378 e. The third kappa shape index (κ3) is 4.49. The van der Waals surface area contributed by atoms with Gasteiger partial charge in [-0.15, -0.1) is 0 Å². The summed E-state index contributed by atoms with van der Waals surface area (Å²) < 4.78 is 0. The van der Waals surface area contributed by atoms with Crippen LogP contribution in [0.5, 0.6) is 0 Å². The van der Waals surface area contributed by atoms with Gasteiger partial charge >= 0.3 is 0 Å². The second-order valence-electron chi connectivity index (χ2n) is 3.64. The molecule has 0 heterocycles. The first-order chi connectivity index (χ1) is 7.14. The van der Waals surface area contributed by atoms with Gasteiger partial charge in [0.15, 0.2) is 0 Å². The van der Waals surface area contributed by atoms with Crippen LogP contribution in [0, 0.1) is 11.8 Å². The molecule has 78 valence electrons. The van der Waals surface area contributed by atoms with Crippen LogP contribution >= 0.6 is 0 Å². The molecule has 0 aromatic heterocycles. The Labute approximate surface area is 91.5 Å². The van der Waals surface area contributed by atoms with E-state index < -0.39 is 5.60 Å². The zero-order valence-corrected chi connectivity index (χ0v) is 9.20. The first-order valence-electron chi connectivity index (χ1n) is 5.11. The van der Waals surface area contributed by atoms with E-state index in [-0.39, 0.29) is 0 Å². The first kappa shape index (κ1) is 11.6. The first-order valence-corrected chi connectivity index (χ1v) is 5.11. The van der Waals surface area contributed by atoms with Crippen LogP contribution in [0.1, 0.15) is 25.8 Å². The van der Waals surface area contributed by atoms with Crippen molar-refractivity contribution in [2.45, 2.75) is 25.9 Å². The molecular formula is C14H16O. The van der Waals surface area contributed by atoms with Crippen molar-refractivity contribution >= 4 is 6.08 Å². The Balaban J connectivity index is 2.61. The standard InChI is InChI=1S/C14H16O/c1-3-14(2,15)12-8-7-11-13-9-5-4-6-10-13/h4-7,9-11,15H,3H2,1-2H3/b11-7+. The third-order valence-electron chi connectivity index (χ3n) is 2.19. The smallest absolute Gasteiger partial charge is 0.122 e. The zero-order chi connectivity index (χ0) is 11.1. The van der Waals surface area contributed by atoms with Crippen LogP contribution in [0.4, 0.5) is 0 Å². The van der Waals surface area contributed by atoms with Crippen LogP contribution < -0.4 is 0 Å². The summed E-state index contributed by atoms with van der Waals surface area (Å²) in [5, 5.41) is 9.61. The lowest BCUT2D eigenvalue weighted by molar-refractivity contribution is 0.118. The highest BCUT2D eigenvalue weighted by atomic mass is 16.3. The molecule has 0 saturated heterocycles. The molecule has 0 amide bonds. The van der Waals surface area contributed by atoms with Gasteiger partial charge in [0.1, 0.15) is 5.60 Å². The molecule has 0 aliphatic carbocycles. The minimum atomic E-state index is -0.874. The number of rotatable bonds is 2. The fraction of sp³-hybridized carbons (Fsp3) is 0.286. The van der Waals surface area contributed by atoms with Gasteiger partial charge in [0, 0.05) is 0 Å². The second kappa shape index (κ2) is 5.38. The predicted molar refractivity (Wildman–Crippen MR) is 64.2 cm³/mol. The highest BCUT2D eigenvalue weighted by Crippen LogP contribution is 2.05. The molecule has 0 aliphatic rings. The van der Waals surface area contributed by atoms with Crippen molar-refractivity contribution in [3.63, 3.8) is 0 Å². The summed E-state index contributed by atoms with van der Waals surface area (Å²) in [6.07, 6.45) is 4.33. The van der Waals surface area contributed by atoms with Crippen LogP contribution in [0.15, 0.2) is 36.4 Å². The Bertz CT molecular complexity index is 377.